The Morgan fingerprint density at radius 1 is 0.827 bits per heavy atom. The van der Waals surface area contributed by atoms with Crippen LogP contribution >= 0.6 is 0 Å². The minimum Gasteiger partial charge on any atom is -0.462 e. The summed E-state index contributed by atoms with van der Waals surface area (Å²) >= 11 is 0. The topological polar surface area (TPSA) is 204 Å². The van der Waals surface area contributed by atoms with E-state index in [0.717, 1.165) is 34.6 Å². The smallest absolute Gasteiger partial charge is 0.338 e. The molecule has 0 amide bonds. The molecule has 1 aromatic carbocycles. The molecule has 15 heteroatoms. The van der Waals surface area contributed by atoms with Crippen molar-refractivity contribution in [3.8, 4) is 0 Å². The number of benzene rings is 1. The molecule has 0 aromatic heterocycles. The number of rotatable bonds is 8. The van der Waals surface area contributed by atoms with E-state index in [1.54, 1.807) is 25.1 Å². The van der Waals surface area contributed by atoms with Gasteiger partial charge in [-0.1, -0.05) is 31.7 Å². The van der Waals surface area contributed by atoms with Crippen molar-refractivity contribution < 1.29 is 71.8 Å². The van der Waals surface area contributed by atoms with Gasteiger partial charge in [-0.3, -0.25) is 28.8 Å². The van der Waals surface area contributed by atoms with Gasteiger partial charge in [0.25, 0.3) is 0 Å². The maximum absolute atomic E-state index is 14.2. The predicted molar refractivity (Wildman–Crippen MR) is 175 cm³/mol. The first-order chi connectivity index (χ1) is 24.2. The zero-order chi connectivity index (χ0) is 38.6. The third-order valence-corrected chi connectivity index (χ3v) is 11.3. The molecule has 1 saturated heterocycles. The van der Waals surface area contributed by atoms with Crippen LogP contribution in [0.4, 0.5) is 0 Å². The largest absolute Gasteiger partial charge is 0.462 e. The average Bonchev–Trinajstić information content (AvgIpc) is 3.19. The Kier molecular flexibility index (Phi) is 10.2. The molecule has 4 bridgehead atoms. The van der Waals surface area contributed by atoms with Crippen LogP contribution in [0.2, 0.25) is 0 Å². The van der Waals surface area contributed by atoms with Crippen molar-refractivity contribution in [1.82, 2.24) is 0 Å². The molecule has 0 radical (unpaired) electrons. The van der Waals surface area contributed by atoms with Crippen LogP contribution in [0.3, 0.4) is 0 Å². The normalized spacial score (nSPS) is 37.7. The van der Waals surface area contributed by atoms with Crippen LogP contribution in [-0.2, 0) is 61.9 Å². The molecule has 1 aromatic rings. The lowest BCUT2D eigenvalue weighted by atomic mass is 9.43. The Bertz CT molecular complexity index is 1690. The molecule has 4 fully saturated rings. The van der Waals surface area contributed by atoms with Crippen molar-refractivity contribution in [2.24, 2.45) is 22.7 Å². The molecule has 282 valence electrons. The van der Waals surface area contributed by atoms with Crippen LogP contribution in [0.1, 0.15) is 71.7 Å². The van der Waals surface area contributed by atoms with Crippen LogP contribution < -0.4 is 0 Å². The first kappa shape index (κ1) is 38.6. The standard InChI is InChI=1S/C37H44O15/c1-18-26(48-19(2)38)15-28(49-20(3)39)36(17-46-33(44)24-12-10-9-11-13-24)29(18)30(50-21(4)40)25-14-27(43)35(8)37(45,34(25,7)16-47-35)32(52-23(6)42)31(36)51-22(5)41/h9-13,25-26,28-32,45H,1,14-17H2,2-8H3. The zero-order valence-electron chi connectivity index (χ0n) is 30.1. The van der Waals surface area contributed by atoms with Crippen molar-refractivity contribution in [3.63, 3.8) is 0 Å². The summed E-state index contributed by atoms with van der Waals surface area (Å²) in [5.74, 6) is -8.44. The van der Waals surface area contributed by atoms with Crippen LogP contribution in [0, 0.1) is 22.7 Å². The summed E-state index contributed by atoms with van der Waals surface area (Å²) in [7, 11) is 0. The Morgan fingerprint density at radius 3 is 1.94 bits per heavy atom. The summed E-state index contributed by atoms with van der Waals surface area (Å²) in [5.41, 5.74) is -8.10. The van der Waals surface area contributed by atoms with Crippen molar-refractivity contribution in [2.45, 2.75) is 103 Å². The third-order valence-electron chi connectivity index (χ3n) is 11.3. The van der Waals surface area contributed by atoms with E-state index in [0.29, 0.717) is 0 Å². The number of ketones is 1. The molecule has 3 aliphatic carbocycles. The van der Waals surface area contributed by atoms with Gasteiger partial charge >= 0.3 is 35.8 Å². The number of hydrogen-bond acceptors (Lipinski definition) is 15. The van der Waals surface area contributed by atoms with Gasteiger partial charge in [0.2, 0.25) is 0 Å². The van der Waals surface area contributed by atoms with E-state index >= 15 is 0 Å². The number of hydrogen-bond donors (Lipinski definition) is 1. The third kappa shape index (κ3) is 5.96. The van der Waals surface area contributed by atoms with E-state index < -0.39 is 113 Å². The van der Waals surface area contributed by atoms with Crippen LogP contribution in [-0.4, -0.2) is 102 Å². The molecule has 3 saturated carbocycles. The lowest BCUT2D eigenvalue weighted by Gasteiger charge is -2.65. The van der Waals surface area contributed by atoms with Gasteiger partial charge in [-0.05, 0) is 24.6 Å². The van der Waals surface area contributed by atoms with E-state index in [-0.39, 0.29) is 30.6 Å². The number of carbonyl (C=O) groups is 7. The molecule has 15 nitrogen and oxygen atoms in total. The highest BCUT2D eigenvalue weighted by Crippen LogP contribution is 2.67. The van der Waals surface area contributed by atoms with Crippen LogP contribution in [0.25, 0.3) is 0 Å². The SMILES string of the molecule is C=C1C(OC(C)=O)CC(OC(C)=O)C2(COC(=O)c3ccccc3)C(OC(C)=O)C(OC(C)=O)C3(O)C4(C)OCC3(C)C(CC4=O)C(OC(C)=O)C12. The fraction of sp³-hybridized carbons (Fsp3) is 0.595. The Balaban J connectivity index is 1.93. The average molecular weight is 729 g/mol. The second-order valence-electron chi connectivity index (χ2n) is 14.4. The Hall–Kier alpha value is -4.63. The van der Waals surface area contributed by atoms with Gasteiger partial charge in [-0.25, -0.2) is 4.79 Å². The lowest BCUT2D eigenvalue weighted by molar-refractivity contribution is -0.302. The summed E-state index contributed by atoms with van der Waals surface area (Å²) in [6.45, 7) is 11.5. The van der Waals surface area contributed by atoms with Gasteiger partial charge in [0.15, 0.2) is 23.6 Å². The van der Waals surface area contributed by atoms with Crippen molar-refractivity contribution in [2.75, 3.05) is 13.2 Å². The maximum atomic E-state index is 14.2. The van der Waals surface area contributed by atoms with E-state index in [1.807, 2.05) is 0 Å². The molecule has 5 rings (SSSR count). The fourth-order valence-electron chi connectivity index (χ4n) is 9.17. The number of ether oxygens (including phenoxy) is 7. The molecule has 0 spiro atoms. The maximum Gasteiger partial charge on any atom is 0.338 e. The van der Waals surface area contributed by atoms with Gasteiger partial charge in [-0.2, -0.15) is 0 Å². The first-order valence-electron chi connectivity index (χ1n) is 16.9. The number of esters is 6. The van der Waals surface area contributed by atoms with Crippen molar-refractivity contribution in [3.05, 3.63) is 48.0 Å². The number of carbonyl (C=O) groups excluding carboxylic acids is 7. The summed E-state index contributed by atoms with van der Waals surface area (Å²) in [5, 5.41) is 13.2. The van der Waals surface area contributed by atoms with Crippen LogP contribution in [0.15, 0.2) is 42.5 Å². The Labute approximate surface area is 300 Å². The summed E-state index contributed by atoms with van der Waals surface area (Å²) in [6, 6.07) is 7.85. The van der Waals surface area contributed by atoms with E-state index in [1.165, 1.54) is 19.1 Å². The van der Waals surface area contributed by atoms with E-state index in [2.05, 4.69) is 6.58 Å². The number of Topliss-reactive ketones (excluding diaryl/α,β-unsaturated/α-hetero) is 1. The molecular formula is C37H44O15. The molecule has 11 unspecified atom stereocenters. The van der Waals surface area contributed by atoms with Gasteiger partial charge in [0.05, 0.1) is 17.6 Å². The van der Waals surface area contributed by atoms with Crippen molar-refractivity contribution in [1.29, 1.82) is 0 Å². The molecule has 52 heavy (non-hydrogen) atoms. The molecule has 4 aliphatic rings. The van der Waals surface area contributed by atoms with Gasteiger partial charge in [-0.15, -0.1) is 0 Å². The molecule has 11 atom stereocenters. The second-order valence-corrected chi connectivity index (χ2v) is 14.4. The van der Waals surface area contributed by atoms with Gasteiger partial charge in [0, 0.05) is 64.7 Å². The van der Waals surface area contributed by atoms with E-state index in [9.17, 15) is 38.7 Å². The molecular weight excluding hydrogens is 684 g/mol. The van der Waals surface area contributed by atoms with Gasteiger partial charge in [0.1, 0.15) is 30.5 Å². The highest BCUT2D eigenvalue weighted by Gasteiger charge is 2.83. The predicted octanol–water partition coefficient (Wildman–Crippen LogP) is 2.19. The number of aliphatic hydroxyl groups is 1. The van der Waals surface area contributed by atoms with Crippen molar-refractivity contribution >= 4 is 41.6 Å². The van der Waals surface area contributed by atoms with Gasteiger partial charge < -0.3 is 38.3 Å². The quantitative estimate of drug-likeness (QED) is 0.232. The molecule has 1 aliphatic heterocycles. The van der Waals surface area contributed by atoms with Crippen LogP contribution in [0.5, 0.6) is 0 Å². The van der Waals surface area contributed by atoms with E-state index in [4.69, 9.17) is 33.2 Å². The minimum atomic E-state index is -2.51. The second kappa shape index (κ2) is 13.7. The summed E-state index contributed by atoms with van der Waals surface area (Å²) < 4.78 is 41.9. The summed E-state index contributed by atoms with van der Waals surface area (Å²) in [4.78, 5) is 92.7. The summed E-state index contributed by atoms with van der Waals surface area (Å²) in [6.07, 6.45) is -8.82. The molecule has 1 N–H and O–H groups in total. The number of fused-ring (bicyclic) bond motifs is 1. The fourth-order valence-corrected chi connectivity index (χ4v) is 9.17. The lowest BCUT2D eigenvalue weighted by Crippen LogP contribution is -2.81. The Morgan fingerprint density at radius 2 is 1.38 bits per heavy atom. The highest BCUT2D eigenvalue weighted by atomic mass is 16.6. The monoisotopic (exact) mass is 728 g/mol. The highest BCUT2D eigenvalue weighted by molar-refractivity contribution is 5.92. The first-order valence-corrected chi connectivity index (χ1v) is 16.9. The zero-order valence-corrected chi connectivity index (χ0v) is 30.1. The molecule has 1 heterocycles. The minimum absolute atomic E-state index is 0.0630.